The molecule has 3 rings (SSSR count). The van der Waals surface area contributed by atoms with E-state index < -0.39 is 5.63 Å². The van der Waals surface area contributed by atoms with Gasteiger partial charge in [-0.25, -0.2) is 4.79 Å². The smallest absolute Gasteiger partial charge is 0.338 e. The lowest BCUT2D eigenvalue weighted by atomic mass is 10.1. The Bertz CT molecular complexity index is 1030. The second-order valence-corrected chi connectivity index (χ2v) is 6.55. The Labute approximate surface area is 164 Å². The highest BCUT2D eigenvalue weighted by atomic mass is 79.9. The highest BCUT2D eigenvalue weighted by Crippen LogP contribution is 2.36. The second-order valence-electron chi connectivity index (χ2n) is 5.75. The molecule has 140 valence electrons. The van der Waals surface area contributed by atoms with Gasteiger partial charge in [0.05, 0.1) is 19.2 Å². The van der Waals surface area contributed by atoms with Crippen molar-refractivity contribution in [3.8, 4) is 11.5 Å². The maximum Gasteiger partial charge on any atom is 0.338 e. The topological polar surface area (TPSA) is 69.0 Å². The first-order valence-electron chi connectivity index (χ1n) is 8.25. The van der Waals surface area contributed by atoms with E-state index >= 15 is 0 Å². The van der Waals surface area contributed by atoms with Gasteiger partial charge in [-0.1, -0.05) is 28.1 Å². The minimum atomic E-state index is -0.437. The fourth-order valence-electron chi connectivity index (χ4n) is 2.72. The molecule has 0 aliphatic carbocycles. The Kier molecular flexibility index (Phi) is 5.81. The lowest BCUT2D eigenvalue weighted by Gasteiger charge is -2.22. The zero-order valence-corrected chi connectivity index (χ0v) is 16.5. The van der Waals surface area contributed by atoms with Gasteiger partial charge in [0.25, 0.3) is 0 Å². The number of hydrogen-bond acceptors (Lipinski definition) is 6. The van der Waals surface area contributed by atoms with Crippen LogP contribution in [0.15, 0.2) is 57.7 Å². The molecule has 6 nitrogen and oxygen atoms in total. The number of fused-ring (bicyclic) bond motifs is 1. The van der Waals surface area contributed by atoms with Gasteiger partial charge in [0.15, 0.2) is 11.5 Å². The average Bonchev–Trinajstić information content (AvgIpc) is 2.66. The standard InChI is InChI=1S/C20H18BrNO5/c1-22(15-12-20(24)26-16-6-4-3-5-14(15)16)13-7-8-17(25-2)18(11-13)27-19(23)9-10-21/h3-8,11-12H,9-10H2,1-2H3. The summed E-state index contributed by atoms with van der Waals surface area (Å²) in [5.74, 6) is 0.406. The number of rotatable bonds is 6. The summed E-state index contributed by atoms with van der Waals surface area (Å²) in [6.45, 7) is 0. The molecule has 0 unspecified atom stereocenters. The molecule has 0 aliphatic heterocycles. The minimum Gasteiger partial charge on any atom is -0.493 e. The number of hydrogen-bond donors (Lipinski definition) is 0. The molecular formula is C20H18BrNO5. The maximum atomic E-state index is 11.9. The van der Waals surface area contributed by atoms with Crippen molar-refractivity contribution in [1.29, 1.82) is 0 Å². The molecule has 0 N–H and O–H groups in total. The molecule has 0 saturated heterocycles. The summed E-state index contributed by atoms with van der Waals surface area (Å²) in [5.41, 5.74) is 1.48. The van der Waals surface area contributed by atoms with Crippen LogP contribution in [0.3, 0.4) is 0 Å². The molecule has 27 heavy (non-hydrogen) atoms. The van der Waals surface area contributed by atoms with Gasteiger partial charge >= 0.3 is 11.6 Å². The normalized spacial score (nSPS) is 10.6. The van der Waals surface area contributed by atoms with E-state index in [4.69, 9.17) is 13.9 Å². The van der Waals surface area contributed by atoms with Crippen LogP contribution in [0, 0.1) is 0 Å². The van der Waals surface area contributed by atoms with Crippen LogP contribution in [-0.4, -0.2) is 25.5 Å². The Morgan fingerprint density at radius 1 is 1.15 bits per heavy atom. The third-order valence-corrected chi connectivity index (χ3v) is 4.44. The number of alkyl halides is 1. The number of esters is 1. The fraction of sp³-hybridized carbons (Fsp3) is 0.200. The van der Waals surface area contributed by atoms with Crippen LogP contribution in [0.2, 0.25) is 0 Å². The number of methoxy groups -OCH3 is 1. The van der Waals surface area contributed by atoms with Crippen molar-refractivity contribution in [3.05, 3.63) is 59.0 Å². The van der Waals surface area contributed by atoms with Crippen LogP contribution in [0.1, 0.15) is 6.42 Å². The van der Waals surface area contributed by atoms with E-state index in [0.29, 0.717) is 28.1 Å². The number of para-hydroxylation sites is 1. The molecule has 0 saturated carbocycles. The van der Waals surface area contributed by atoms with E-state index in [-0.39, 0.29) is 12.4 Å². The van der Waals surface area contributed by atoms with Crippen molar-refractivity contribution in [2.24, 2.45) is 0 Å². The Morgan fingerprint density at radius 3 is 2.67 bits per heavy atom. The molecule has 0 aliphatic rings. The zero-order chi connectivity index (χ0) is 19.4. The number of carbonyl (C=O) groups is 1. The molecule has 0 fully saturated rings. The lowest BCUT2D eigenvalue weighted by molar-refractivity contribution is -0.133. The Morgan fingerprint density at radius 2 is 1.93 bits per heavy atom. The molecule has 1 aromatic heterocycles. The molecule has 2 aromatic carbocycles. The number of halogens is 1. The van der Waals surface area contributed by atoms with Crippen LogP contribution < -0.4 is 20.0 Å². The molecule has 0 radical (unpaired) electrons. The number of benzene rings is 2. The predicted molar refractivity (Wildman–Crippen MR) is 108 cm³/mol. The van der Waals surface area contributed by atoms with Crippen LogP contribution in [-0.2, 0) is 4.79 Å². The third kappa shape index (κ3) is 4.14. The average molecular weight is 432 g/mol. The molecule has 7 heteroatoms. The van der Waals surface area contributed by atoms with Crippen LogP contribution in [0.4, 0.5) is 11.4 Å². The second kappa shape index (κ2) is 8.26. The van der Waals surface area contributed by atoms with E-state index in [2.05, 4.69) is 15.9 Å². The van der Waals surface area contributed by atoms with Gasteiger partial charge in [-0.3, -0.25) is 4.79 Å². The van der Waals surface area contributed by atoms with Gasteiger partial charge in [0, 0.05) is 35.6 Å². The molecule has 0 bridgehead atoms. The van der Waals surface area contributed by atoms with Gasteiger partial charge in [0.2, 0.25) is 0 Å². The van der Waals surface area contributed by atoms with Gasteiger partial charge in [0.1, 0.15) is 5.58 Å². The largest absolute Gasteiger partial charge is 0.493 e. The summed E-state index contributed by atoms with van der Waals surface area (Å²) in [4.78, 5) is 25.6. The molecule has 0 amide bonds. The van der Waals surface area contributed by atoms with Crippen molar-refractivity contribution < 1.29 is 18.7 Å². The summed E-state index contributed by atoms with van der Waals surface area (Å²) in [6.07, 6.45) is 0.244. The van der Waals surface area contributed by atoms with Crippen LogP contribution >= 0.6 is 15.9 Å². The summed E-state index contributed by atoms with van der Waals surface area (Å²) in [7, 11) is 3.34. The monoisotopic (exact) mass is 431 g/mol. The molecule has 0 atom stereocenters. The summed E-state index contributed by atoms with van der Waals surface area (Å²) < 4.78 is 15.9. The van der Waals surface area contributed by atoms with Crippen LogP contribution in [0.25, 0.3) is 11.0 Å². The molecule has 3 aromatic rings. The Hall–Kier alpha value is -2.80. The maximum absolute atomic E-state index is 11.9. The summed E-state index contributed by atoms with van der Waals surface area (Å²) >= 11 is 3.22. The number of anilines is 2. The SMILES string of the molecule is COc1ccc(N(C)c2cc(=O)oc3ccccc23)cc1OC(=O)CCBr. The highest BCUT2D eigenvalue weighted by Gasteiger charge is 2.15. The zero-order valence-electron chi connectivity index (χ0n) is 14.9. The van der Waals surface area contributed by atoms with Crippen molar-refractivity contribution >= 4 is 44.2 Å². The van der Waals surface area contributed by atoms with Crippen molar-refractivity contribution in [1.82, 2.24) is 0 Å². The molecule has 0 spiro atoms. The minimum absolute atomic E-state index is 0.244. The number of ether oxygens (including phenoxy) is 2. The first-order chi connectivity index (χ1) is 13.0. The molecule has 1 heterocycles. The Balaban J connectivity index is 2.04. The predicted octanol–water partition coefficient (Wildman–Crippen LogP) is 4.26. The number of carbonyl (C=O) groups excluding carboxylic acids is 1. The van der Waals surface area contributed by atoms with Gasteiger partial charge < -0.3 is 18.8 Å². The van der Waals surface area contributed by atoms with Crippen molar-refractivity contribution in [3.63, 3.8) is 0 Å². The number of nitrogens with zero attached hydrogens (tertiary/aromatic N) is 1. The van der Waals surface area contributed by atoms with E-state index in [1.165, 1.54) is 13.2 Å². The van der Waals surface area contributed by atoms with Crippen molar-refractivity contribution in [2.45, 2.75) is 6.42 Å². The van der Waals surface area contributed by atoms with E-state index in [1.807, 2.05) is 36.2 Å². The third-order valence-electron chi connectivity index (χ3n) is 4.05. The summed E-state index contributed by atoms with van der Waals surface area (Å²) in [5, 5.41) is 1.31. The van der Waals surface area contributed by atoms with Gasteiger partial charge in [-0.15, -0.1) is 0 Å². The molecular weight excluding hydrogens is 414 g/mol. The fourth-order valence-corrected chi connectivity index (χ4v) is 3.04. The van der Waals surface area contributed by atoms with Gasteiger partial charge in [-0.05, 0) is 24.3 Å². The van der Waals surface area contributed by atoms with Crippen LogP contribution in [0.5, 0.6) is 11.5 Å². The first-order valence-corrected chi connectivity index (χ1v) is 9.37. The van der Waals surface area contributed by atoms with E-state index in [1.54, 1.807) is 18.2 Å². The van der Waals surface area contributed by atoms with E-state index in [9.17, 15) is 9.59 Å². The first kappa shape index (κ1) is 19.0. The highest BCUT2D eigenvalue weighted by molar-refractivity contribution is 9.09. The van der Waals surface area contributed by atoms with Crippen molar-refractivity contribution in [2.75, 3.05) is 24.4 Å². The van der Waals surface area contributed by atoms with Gasteiger partial charge in [-0.2, -0.15) is 0 Å². The van der Waals surface area contributed by atoms with E-state index in [0.717, 1.165) is 11.1 Å². The lowest BCUT2D eigenvalue weighted by Crippen LogP contribution is -2.14. The summed E-state index contributed by atoms with van der Waals surface area (Å²) in [6, 6.07) is 14.0. The quantitative estimate of drug-likeness (QED) is 0.251.